The quantitative estimate of drug-likeness (QED) is 0.713. The largest absolute Gasteiger partial charge is 0.490 e. The molecule has 0 bridgehead atoms. The summed E-state index contributed by atoms with van der Waals surface area (Å²) in [7, 11) is 0. The monoisotopic (exact) mass is 451 g/mol. The van der Waals surface area contributed by atoms with Crippen LogP contribution >= 0.6 is 12.4 Å². The summed E-state index contributed by atoms with van der Waals surface area (Å²) in [6.07, 6.45) is 1.49. The van der Waals surface area contributed by atoms with Crippen molar-refractivity contribution in [3.63, 3.8) is 0 Å². The summed E-state index contributed by atoms with van der Waals surface area (Å²) in [5, 5.41) is 0.734. The van der Waals surface area contributed by atoms with E-state index >= 15 is 0 Å². The number of benzene rings is 1. The topological polar surface area (TPSA) is 103 Å². The molecular formula is C21H30ClN5O4. The van der Waals surface area contributed by atoms with E-state index in [-0.39, 0.29) is 24.4 Å². The number of aromatic nitrogens is 2. The summed E-state index contributed by atoms with van der Waals surface area (Å²) in [6, 6.07) is 3.68. The Labute approximate surface area is 188 Å². The van der Waals surface area contributed by atoms with Gasteiger partial charge in [-0.25, -0.2) is 4.98 Å². The van der Waals surface area contributed by atoms with Crippen LogP contribution in [0.3, 0.4) is 0 Å². The molecule has 3 heterocycles. The van der Waals surface area contributed by atoms with Crippen LogP contribution in [0.1, 0.15) is 26.7 Å². The van der Waals surface area contributed by atoms with Crippen LogP contribution in [-0.4, -0.2) is 72.9 Å². The van der Waals surface area contributed by atoms with E-state index in [0.29, 0.717) is 74.8 Å². The molecule has 1 aromatic heterocycles. The molecule has 2 N–H and O–H groups in total. The molecule has 1 unspecified atom stereocenters. The third-order valence-corrected chi connectivity index (χ3v) is 5.46. The summed E-state index contributed by atoms with van der Waals surface area (Å²) in [4.78, 5) is 25.7. The fourth-order valence-corrected chi connectivity index (χ4v) is 3.93. The first-order chi connectivity index (χ1) is 14.6. The van der Waals surface area contributed by atoms with Crippen LogP contribution in [0.25, 0.3) is 10.9 Å². The van der Waals surface area contributed by atoms with E-state index in [1.54, 1.807) is 0 Å². The molecule has 2 aliphatic heterocycles. The highest BCUT2D eigenvalue weighted by molar-refractivity contribution is 5.91. The van der Waals surface area contributed by atoms with Crippen molar-refractivity contribution in [3.05, 3.63) is 12.1 Å². The van der Waals surface area contributed by atoms with E-state index < -0.39 is 0 Å². The van der Waals surface area contributed by atoms with Crippen LogP contribution in [0, 0.1) is 0 Å². The summed E-state index contributed by atoms with van der Waals surface area (Å²) < 4.78 is 16.9. The van der Waals surface area contributed by atoms with Gasteiger partial charge in [-0.1, -0.05) is 0 Å². The molecule has 1 atom stereocenters. The van der Waals surface area contributed by atoms with Crippen molar-refractivity contribution >= 4 is 41.0 Å². The van der Waals surface area contributed by atoms with Crippen LogP contribution in [0.4, 0.5) is 11.8 Å². The van der Waals surface area contributed by atoms with Gasteiger partial charge in [-0.05, 0) is 32.8 Å². The van der Waals surface area contributed by atoms with Crippen molar-refractivity contribution in [2.45, 2.75) is 32.8 Å². The number of nitrogens with two attached hydrogens (primary N) is 1. The minimum absolute atomic E-state index is 0. The molecule has 0 radical (unpaired) electrons. The second-order valence-corrected chi connectivity index (χ2v) is 7.40. The standard InChI is InChI=1S/C21H29N5O4.ClH/c1-3-28-17-12-14-15(13-18(17)29-4-2)23-21(24-19(14)22)26-9-7-25(8-10-26)20(27)16-6-5-11-30-16;/h12-13,16H,3-11H2,1-2H3,(H2,22,23,24);1H. The average molecular weight is 452 g/mol. The van der Waals surface area contributed by atoms with Crippen molar-refractivity contribution in [2.75, 3.05) is 56.6 Å². The van der Waals surface area contributed by atoms with Crippen LogP contribution in [0.2, 0.25) is 0 Å². The van der Waals surface area contributed by atoms with Gasteiger partial charge >= 0.3 is 0 Å². The summed E-state index contributed by atoms with van der Waals surface area (Å²) in [5.41, 5.74) is 6.97. The fourth-order valence-electron chi connectivity index (χ4n) is 3.93. The maximum absolute atomic E-state index is 12.6. The average Bonchev–Trinajstić information content (AvgIpc) is 3.29. The summed E-state index contributed by atoms with van der Waals surface area (Å²) >= 11 is 0. The lowest BCUT2D eigenvalue weighted by atomic mass is 10.2. The number of nitrogen functional groups attached to an aromatic ring is 1. The second-order valence-electron chi connectivity index (χ2n) is 7.40. The Morgan fingerprint density at radius 2 is 1.81 bits per heavy atom. The molecule has 0 spiro atoms. The first kappa shape index (κ1) is 23.1. The number of ether oxygens (including phenoxy) is 3. The highest BCUT2D eigenvalue weighted by Crippen LogP contribution is 2.34. The lowest BCUT2D eigenvalue weighted by molar-refractivity contribution is -0.141. The Morgan fingerprint density at radius 1 is 1.13 bits per heavy atom. The van der Waals surface area contributed by atoms with Crippen molar-refractivity contribution in [1.29, 1.82) is 0 Å². The fraction of sp³-hybridized carbons (Fsp3) is 0.571. The van der Waals surface area contributed by atoms with Gasteiger partial charge in [-0.3, -0.25) is 4.79 Å². The zero-order valence-electron chi connectivity index (χ0n) is 18.0. The Hall–Kier alpha value is -2.52. The zero-order chi connectivity index (χ0) is 21.1. The van der Waals surface area contributed by atoms with Crippen LogP contribution < -0.4 is 20.1 Å². The first-order valence-electron chi connectivity index (χ1n) is 10.6. The molecule has 2 saturated heterocycles. The number of carbonyl (C=O) groups is 1. The van der Waals surface area contributed by atoms with Crippen molar-refractivity contribution < 1.29 is 19.0 Å². The number of amides is 1. The summed E-state index contributed by atoms with van der Waals surface area (Å²) in [5.74, 6) is 2.34. The predicted molar refractivity (Wildman–Crippen MR) is 121 cm³/mol. The van der Waals surface area contributed by atoms with Crippen molar-refractivity contribution in [2.24, 2.45) is 0 Å². The number of nitrogens with zero attached hydrogens (tertiary/aromatic N) is 4. The highest BCUT2D eigenvalue weighted by Gasteiger charge is 2.31. The molecule has 0 aliphatic carbocycles. The summed E-state index contributed by atoms with van der Waals surface area (Å²) in [6.45, 7) is 8.12. The van der Waals surface area contributed by atoms with E-state index in [2.05, 4.69) is 9.88 Å². The number of carbonyl (C=O) groups excluding carboxylic acids is 1. The van der Waals surface area contributed by atoms with Gasteiger partial charge in [0.25, 0.3) is 5.91 Å². The molecule has 0 saturated carbocycles. The molecule has 10 heteroatoms. The van der Waals surface area contributed by atoms with E-state index in [9.17, 15) is 4.79 Å². The molecule has 31 heavy (non-hydrogen) atoms. The van der Waals surface area contributed by atoms with E-state index in [4.69, 9.17) is 24.9 Å². The second kappa shape index (κ2) is 10.2. The number of hydrogen-bond donors (Lipinski definition) is 1. The van der Waals surface area contributed by atoms with Gasteiger partial charge in [-0.2, -0.15) is 4.98 Å². The normalized spacial score (nSPS) is 18.7. The maximum atomic E-state index is 12.6. The number of piperazine rings is 1. The molecule has 2 fully saturated rings. The van der Waals surface area contributed by atoms with Gasteiger partial charge in [0.15, 0.2) is 11.5 Å². The maximum Gasteiger partial charge on any atom is 0.251 e. The highest BCUT2D eigenvalue weighted by atomic mass is 35.5. The van der Waals surface area contributed by atoms with Gasteiger partial charge in [-0.15, -0.1) is 12.4 Å². The van der Waals surface area contributed by atoms with Gasteiger partial charge in [0.1, 0.15) is 11.9 Å². The SMILES string of the molecule is CCOc1cc2nc(N3CCN(C(=O)C4CCCO4)CC3)nc(N)c2cc1OCC.Cl. The first-order valence-corrected chi connectivity index (χ1v) is 10.6. The number of hydrogen-bond acceptors (Lipinski definition) is 8. The van der Waals surface area contributed by atoms with Gasteiger partial charge < -0.3 is 29.7 Å². The van der Waals surface area contributed by atoms with Gasteiger partial charge in [0.2, 0.25) is 5.95 Å². The molecule has 2 aromatic rings. The number of halogens is 1. The van der Waals surface area contributed by atoms with E-state index in [1.807, 2.05) is 30.9 Å². The Balaban J connectivity index is 0.00000272. The van der Waals surface area contributed by atoms with E-state index in [0.717, 1.165) is 18.2 Å². The minimum Gasteiger partial charge on any atom is -0.490 e. The Kier molecular flexibility index (Phi) is 7.61. The molecule has 170 valence electrons. The van der Waals surface area contributed by atoms with Crippen LogP contribution in [0.5, 0.6) is 11.5 Å². The van der Waals surface area contributed by atoms with Gasteiger partial charge in [0.05, 0.1) is 18.7 Å². The lowest BCUT2D eigenvalue weighted by Gasteiger charge is -2.35. The third-order valence-electron chi connectivity index (χ3n) is 5.46. The third kappa shape index (κ3) is 4.88. The Morgan fingerprint density at radius 3 is 2.42 bits per heavy atom. The molecule has 1 aromatic carbocycles. The smallest absolute Gasteiger partial charge is 0.251 e. The van der Waals surface area contributed by atoms with E-state index in [1.165, 1.54) is 0 Å². The predicted octanol–water partition coefficient (Wildman–Crippen LogP) is 2.26. The number of fused-ring (bicyclic) bond motifs is 1. The Bertz CT molecular complexity index is 914. The molecule has 9 nitrogen and oxygen atoms in total. The van der Waals surface area contributed by atoms with Gasteiger partial charge in [0, 0.05) is 44.2 Å². The number of anilines is 2. The molecule has 1 amide bonds. The van der Waals surface area contributed by atoms with Crippen molar-refractivity contribution in [1.82, 2.24) is 14.9 Å². The van der Waals surface area contributed by atoms with Crippen LogP contribution in [0.15, 0.2) is 12.1 Å². The zero-order valence-corrected chi connectivity index (χ0v) is 18.8. The van der Waals surface area contributed by atoms with Crippen molar-refractivity contribution in [3.8, 4) is 11.5 Å². The molecule has 2 aliphatic rings. The lowest BCUT2D eigenvalue weighted by Crippen LogP contribution is -2.51. The number of rotatable bonds is 6. The minimum atomic E-state index is -0.277. The molecular weight excluding hydrogens is 422 g/mol. The van der Waals surface area contributed by atoms with Crippen LogP contribution in [-0.2, 0) is 9.53 Å². The molecule has 4 rings (SSSR count).